The van der Waals surface area contributed by atoms with Crippen LogP contribution in [0.5, 0.6) is 0 Å². The summed E-state index contributed by atoms with van der Waals surface area (Å²) in [5.74, 6) is 0. The Kier molecular flexibility index (Phi) is 2.43. The molecule has 0 amide bonds. The van der Waals surface area contributed by atoms with E-state index >= 15 is 0 Å². The summed E-state index contributed by atoms with van der Waals surface area (Å²) < 4.78 is 1.71. The average molecular weight is 170 g/mol. The van der Waals surface area contributed by atoms with Crippen molar-refractivity contribution in [2.24, 2.45) is 7.05 Å². The van der Waals surface area contributed by atoms with Crippen molar-refractivity contribution in [3.05, 3.63) is 12.4 Å². The summed E-state index contributed by atoms with van der Waals surface area (Å²) in [5, 5.41) is 10.3. The van der Waals surface area contributed by atoms with Crippen LogP contribution in [0.25, 0.3) is 0 Å². The molecule has 0 bridgehead atoms. The van der Waals surface area contributed by atoms with Crippen molar-refractivity contribution in [3.63, 3.8) is 0 Å². The zero-order valence-electron chi connectivity index (χ0n) is 6.46. The second-order valence-corrected chi connectivity index (χ2v) is 2.52. The Morgan fingerprint density at radius 2 is 2.45 bits per heavy atom. The van der Waals surface area contributed by atoms with E-state index in [1.165, 1.54) is 0 Å². The molecule has 1 heterocycles. The van der Waals surface area contributed by atoms with E-state index in [4.69, 9.17) is 12.2 Å². The van der Waals surface area contributed by atoms with E-state index < -0.39 is 0 Å². The average Bonchev–Trinajstić information content (AvgIpc) is 2.35. The third-order valence-corrected chi connectivity index (χ3v) is 1.50. The van der Waals surface area contributed by atoms with E-state index in [9.17, 15) is 0 Å². The van der Waals surface area contributed by atoms with Crippen LogP contribution >= 0.6 is 12.2 Å². The number of hydrogen-bond donors (Lipinski definition) is 2. The van der Waals surface area contributed by atoms with Gasteiger partial charge in [0.25, 0.3) is 0 Å². The molecule has 1 rings (SSSR count). The smallest absolute Gasteiger partial charge is 0.170 e. The molecule has 0 aromatic carbocycles. The molecule has 1 aromatic heterocycles. The number of nitrogens with zero attached hydrogens (tertiary/aromatic N) is 2. The van der Waals surface area contributed by atoms with Gasteiger partial charge in [-0.1, -0.05) is 0 Å². The van der Waals surface area contributed by atoms with Gasteiger partial charge >= 0.3 is 0 Å². The molecule has 0 aliphatic rings. The maximum Gasteiger partial charge on any atom is 0.170 e. The highest BCUT2D eigenvalue weighted by Gasteiger charge is 1.95. The van der Waals surface area contributed by atoms with Gasteiger partial charge in [-0.15, -0.1) is 0 Å². The summed E-state index contributed by atoms with van der Waals surface area (Å²) in [6.45, 7) is 0. The molecular formula is C6H10N4S. The van der Waals surface area contributed by atoms with Crippen molar-refractivity contribution in [1.29, 1.82) is 0 Å². The van der Waals surface area contributed by atoms with E-state index in [1.807, 2.05) is 13.2 Å². The Morgan fingerprint density at radius 1 is 1.73 bits per heavy atom. The molecule has 1 aromatic rings. The molecule has 0 aliphatic heterocycles. The maximum absolute atomic E-state index is 4.89. The number of hydrogen-bond acceptors (Lipinski definition) is 2. The van der Waals surface area contributed by atoms with Gasteiger partial charge in [-0.25, -0.2) is 0 Å². The molecule has 0 radical (unpaired) electrons. The van der Waals surface area contributed by atoms with Gasteiger partial charge < -0.3 is 10.6 Å². The Bertz CT molecular complexity index is 255. The molecule has 0 saturated heterocycles. The zero-order chi connectivity index (χ0) is 8.27. The number of nitrogens with one attached hydrogen (secondary N) is 2. The van der Waals surface area contributed by atoms with Gasteiger partial charge in [-0.3, -0.25) is 4.68 Å². The van der Waals surface area contributed by atoms with Crippen molar-refractivity contribution in [2.75, 3.05) is 12.4 Å². The summed E-state index contributed by atoms with van der Waals surface area (Å²) in [7, 11) is 3.62. The van der Waals surface area contributed by atoms with Crippen LogP contribution in [0, 0.1) is 0 Å². The Labute approximate surface area is 70.6 Å². The monoisotopic (exact) mass is 170 g/mol. The van der Waals surface area contributed by atoms with Crippen molar-refractivity contribution >= 4 is 23.0 Å². The molecule has 0 spiro atoms. The van der Waals surface area contributed by atoms with E-state index in [2.05, 4.69) is 15.7 Å². The molecule has 60 valence electrons. The van der Waals surface area contributed by atoms with E-state index in [1.54, 1.807) is 17.9 Å². The van der Waals surface area contributed by atoms with Crippen LogP contribution in [-0.4, -0.2) is 21.9 Å². The van der Waals surface area contributed by atoms with E-state index in [0.29, 0.717) is 5.11 Å². The molecular weight excluding hydrogens is 160 g/mol. The lowest BCUT2D eigenvalue weighted by Gasteiger charge is -2.01. The first-order chi connectivity index (χ1) is 5.22. The van der Waals surface area contributed by atoms with Crippen LogP contribution in [0.4, 0.5) is 5.69 Å². The summed E-state index contributed by atoms with van der Waals surface area (Å²) in [6, 6.07) is 0. The van der Waals surface area contributed by atoms with Crippen molar-refractivity contribution < 1.29 is 0 Å². The second kappa shape index (κ2) is 3.34. The molecule has 0 unspecified atom stereocenters. The lowest BCUT2D eigenvalue weighted by Crippen LogP contribution is -2.23. The zero-order valence-corrected chi connectivity index (χ0v) is 7.27. The summed E-state index contributed by atoms with van der Waals surface area (Å²) >= 11 is 4.89. The van der Waals surface area contributed by atoms with Crippen LogP contribution in [0.3, 0.4) is 0 Å². The topological polar surface area (TPSA) is 41.9 Å². The summed E-state index contributed by atoms with van der Waals surface area (Å²) in [4.78, 5) is 0. The van der Waals surface area contributed by atoms with Crippen LogP contribution in [-0.2, 0) is 7.05 Å². The Balaban J connectivity index is 2.57. The number of aromatic nitrogens is 2. The highest BCUT2D eigenvalue weighted by Crippen LogP contribution is 2.01. The van der Waals surface area contributed by atoms with Gasteiger partial charge in [0.1, 0.15) is 0 Å². The molecule has 2 N–H and O–H groups in total. The maximum atomic E-state index is 4.89. The van der Waals surface area contributed by atoms with Crippen LogP contribution < -0.4 is 10.6 Å². The Hall–Kier alpha value is -1.10. The number of thiocarbonyl (C=S) groups is 1. The molecule has 4 nitrogen and oxygen atoms in total. The third kappa shape index (κ3) is 2.19. The lowest BCUT2D eigenvalue weighted by molar-refractivity contribution is 0.768. The molecule has 0 atom stereocenters. The largest absolute Gasteiger partial charge is 0.366 e. The Morgan fingerprint density at radius 3 is 2.91 bits per heavy atom. The quantitative estimate of drug-likeness (QED) is 0.596. The van der Waals surface area contributed by atoms with Gasteiger partial charge in [0.05, 0.1) is 11.9 Å². The minimum atomic E-state index is 0.595. The number of rotatable bonds is 1. The number of aryl methyl sites for hydroxylation is 1. The van der Waals surface area contributed by atoms with Crippen LogP contribution in [0.2, 0.25) is 0 Å². The minimum absolute atomic E-state index is 0.595. The predicted molar refractivity (Wildman–Crippen MR) is 48.5 cm³/mol. The molecule has 11 heavy (non-hydrogen) atoms. The lowest BCUT2D eigenvalue weighted by atomic mass is 10.6. The third-order valence-electron chi connectivity index (χ3n) is 1.19. The molecule has 0 fully saturated rings. The van der Waals surface area contributed by atoms with Gasteiger partial charge in [0.15, 0.2) is 5.11 Å². The first kappa shape index (κ1) is 8.00. The molecule has 5 heteroatoms. The van der Waals surface area contributed by atoms with Gasteiger partial charge in [0.2, 0.25) is 0 Å². The van der Waals surface area contributed by atoms with E-state index in [0.717, 1.165) is 5.69 Å². The van der Waals surface area contributed by atoms with Gasteiger partial charge in [-0.05, 0) is 12.2 Å². The highest BCUT2D eigenvalue weighted by molar-refractivity contribution is 7.80. The summed E-state index contributed by atoms with van der Waals surface area (Å²) in [6.07, 6.45) is 3.56. The van der Waals surface area contributed by atoms with Gasteiger partial charge in [0, 0.05) is 20.3 Å². The molecule has 0 saturated carbocycles. The normalized spacial score (nSPS) is 9.27. The second-order valence-electron chi connectivity index (χ2n) is 2.11. The first-order valence-corrected chi connectivity index (χ1v) is 3.60. The van der Waals surface area contributed by atoms with Crippen molar-refractivity contribution in [2.45, 2.75) is 0 Å². The highest BCUT2D eigenvalue weighted by atomic mass is 32.1. The van der Waals surface area contributed by atoms with Crippen molar-refractivity contribution in [1.82, 2.24) is 15.1 Å². The van der Waals surface area contributed by atoms with Crippen molar-refractivity contribution in [3.8, 4) is 0 Å². The fraction of sp³-hybridized carbons (Fsp3) is 0.333. The fourth-order valence-corrected chi connectivity index (χ4v) is 0.797. The fourth-order valence-electron chi connectivity index (χ4n) is 0.679. The number of anilines is 1. The standard InChI is InChI=1S/C6H10N4S/c1-7-6(11)9-5-3-8-10(2)4-5/h3-4H,1-2H3,(H2,7,9,11). The minimum Gasteiger partial charge on any atom is -0.366 e. The van der Waals surface area contributed by atoms with Crippen LogP contribution in [0.15, 0.2) is 12.4 Å². The van der Waals surface area contributed by atoms with Gasteiger partial charge in [-0.2, -0.15) is 5.10 Å². The first-order valence-electron chi connectivity index (χ1n) is 3.20. The summed E-state index contributed by atoms with van der Waals surface area (Å²) in [5.41, 5.74) is 0.895. The predicted octanol–water partition coefficient (Wildman–Crippen LogP) is 0.336. The SMILES string of the molecule is CNC(=S)Nc1cnn(C)c1. The van der Waals surface area contributed by atoms with E-state index in [-0.39, 0.29) is 0 Å². The van der Waals surface area contributed by atoms with Crippen LogP contribution in [0.1, 0.15) is 0 Å². The molecule has 0 aliphatic carbocycles.